The molecule has 0 spiro atoms. The number of aryl methyl sites for hydroxylation is 1. The Bertz CT molecular complexity index is 1060. The van der Waals surface area contributed by atoms with Gasteiger partial charge in [-0.2, -0.15) is 5.10 Å². The molecule has 0 aliphatic heterocycles. The van der Waals surface area contributed by atoms with E-state index in [4.69, 9.17) is 0 Å². The van der Waals surface area contributed by atoms with Crippen LogP contribution in [0.2, 0.25) is 0 Å². The number of hydrazone groups is 1. The molecule has 29 heavy (non-hydrogen) atoms. The van der Waals surface area contributed by atoms with Crippen molar-refractivity contribution in [2.45, 2.75) is 13.8 Å². The van der Waals surface area contributed by atoms with Crippen molar-refractivity contribution in [2.24, 2.45) is 5.10 Å². The predicted molar refractivity (Wildman–Crippen MR) is 113 cm³/mol. The number of phenols is 1. The highest BCUT2D eigenvalue weighted by atomic mass is 16.3. The first kappa shape index (κ1) is 19.8. The summed E-state index contributed by atoms with van der Waals surface area (Å²) in [6.07, 6.45) is 0. The lowest BCUT2D eigenvalue weighted by Gasteiger charge is -2.07. The quantitative estimate of drug-likeness (QED) is 0.455. The summed E-state index contributed by atoms with van der Waals surface area (Å²) in [6, 6.07) is 20.4. The van der Waals surface area contributed by atoms with Gasteiger partial charge in [0.1, 0.15) is 5.75 Å². The third-order valence-electron chi connectivity index (χ3n) is 4.30. The molecule has 6 nitrogen and oxygen atoms in total. The highest BCUT2D eigenvalue weighted by molar-refractivity contribution is 6.05. The number of amides is 2. The number of hydrogen-bond acceptors (Lipinski definition) is 4. The van der Waals surface area contributed by atoms with E-state index >= 15 is 0 Å². The van der Waals surface area contributed by atoms with E-state index in [1.54, 1.807) is 61.5 Å². The van der Waals surface area contributed by atoms with Crippen LogP contribution in [-0.2, 0) is 0 Å². The first-order valence-electron chi connectivity index (χ1n) is 9.04. The number of phenolic OH excluding ortho intramolecular Hbond substituents is 1. The Labute approximate surface area is 168 Å². The fourth-order valence-electron chi connectivity index (χ4n) is 2.66. The van der Waals surface area contributed by atoms with Crippen LogP contribution in [-0.4, -0.2) is 22.6 Å². The summed E-state index contributed by atoms with van der Waals surface area (Å²) in [7, 11) is 0. The van der Waals surface area contributed by atoms with Gasteiger partial charge in [0.15, 0.2) is 0 Å². The van der Waals surface area contributed by atoms with E-state index in [0.717, 1.165) is 11.1 Å². The van der Waals surface area contributed by atoms with Crippen molar-refractivity contribution in [1.82, 2.24) is 5.43 Å². The molecule has 0 saturated carbocycles. The summed E-state index contributed by atoms with van der Waals surface area (Å²) in [5.41, 5.74) is 6.50. The second kappa shape index (κ2) is 8.84. The van der Waals surface area contributed by atoms with Crippen molar-refractivity contribution in [1.29, 1.82) is 0 Å². The molecule has 0 atom stereocenters. The molecule has 6 heteroatoms. The molecule has 0 aliphatic carbocycles. The zero-order chi connectivity index (χ0) is 20.8. The van der Waals surface area contributed by atoms with E-state index in [-0.39, 0.29) is 17.6 Å². The Morgan fingerprint density at radius 2 is 1.48 bits per heavy atom. The van der Waals surface area contributed by atoms with Crippen molar-refractivity contribution in [3.05, 3.63) is 95.1 Å². The predicted octanol–water partition coefficient (Wildman–Crippen LogP) is 4.11. The average Bonchev–Trinajstić information content (AvgIpc) is 2.73. The molecular weight excluding hydrogens is 366 g/mol. The van der Waals surface area contributed by atoms with Crippen molar-refractivity contribution < 1.29 is 14.7 Å². The average molecular weight is 387 g/mol. The lowest BCUT2D eigenvalue weighted by molar-refractivity contribution is 0.0954. The largest absolute Gasteiger partial charge is 0.508 e. The molecule has 0 fully saturated rings. The molecule has 3 aromatic carbocycles. The Kier molecular flexibility index (Phi) is 6.04. The maximum absolute atomic E-state index is 12.3. The van der Waals surface area contributed by atoms with Crippen molar-refractivity contribution in [3.63, 3.8) is 0 Å². The van der Waals surface area contributed by atoms with Gasteiger partial charge in [0, 0.05) is 16.8 Å². The van der Waals surface area contributed by atoms with Crippen LogP contribution in [0.4, 0.5) is 5.69 Å². The van der Waals surface area contributed by atoms with E-state index < -0.39 is 0 Å². The van der Waals surface area contributed by atoms with Crippen LogP contribution in [0.1, 0.15) is 38.8 Å². The van der Waals surface area contributed by atoms with E-state index in [0.29, 0.717) is 22.5 Å². The standard InChI is InChI=1S/C23H21N3O3/c1-15-4-3-5-19(14-15)22(28)24-20-10-6-18(7-11-20)23(29)26-25-16(2)17-8-12-21(27)13-9-17/h3-14,27H,1-2H3,(H,24,28)(H,26,29)/b25-16+. The number of nitrogens with one attached hydrogen (secondary N) is 2. The number of rotatable bonds is 5. The lowest BCUT2D eigenvalue weighted by Crippen LogP contribution is -2.19. The number of carbonyl (C=O) groups excluding carboxylic acids is 2. The highest BCUT2D eigenvalue weighted by Crippen LogP contribution is 2.13. The minimum atomic E-state index is -0.361. The third-order valence-corrected chi connectivity index (χ3v) is 4.30. The maximum Gasteiger partial charge on any atom is 0.271 e. The van der Waals surface area contributed by atoms with Crippen LogP contribution in [0, 0.1) is 6.92 Å². The number of hydrogen-bond donors (Lipinski definition) is 3. The fraction of sp³-hybridized carbons (Fsp3) is 0.0870. The van der Waals surface area contributed by atoms with Crippen LogP contribution < -0.4 is 10.7 Å². The molecule has 0 aliphatic rings. The zero-order valence-electron chi connectivity index (χ0n) is 16.1. The molecule has 3 N–H and O–H groups in total. The number of carbonyl (C=O) groups is 2. The fourth-order valence-corrected chi connectivity index (χ4v) is 2.66. The normalized spacial score (nSPS) is 11.0. The summed E-state index contributed by atoms with van der Waals surface area (Å²) in [6.45, 7) is 3.69. The van der Waals surface area contributed by atoms with E-state index in [1.807, 2.05) is 25.1 Å². The molecule has 2 amide bonds. The van der Waals surface area contributed by atoms with Gasteiger partial charge in [0.2, 0.25) is 0 Å². The number of aromatic hydroxyl groups is 1. The van der Waals surface area contributed by atoms with Gasteiger partial charge in [-0.1, -0.05) is 17.7 Å². The monoisotopic (exact) mass is 387 g/mol. The molecule has 3 aromatic rings. The molecular formula is C23H21N3O3. The number of nitrogens with zero attached hydrogens (tertiary/aromatic N) is 1. The number of benzene rings is 3. The van der Waals surface area contributed by atoms with Crippen LogP contribution in [0.5, 0.6) is 5.75 Å². The Morgan fingerprint density at radius 1 is 0.828 bits per heavy atom. The summed E-state index contributed by atoms with van der Waals surface area (Å²) >= 11 is 0. The Hall–Kier alpha value is -3.93. The van der Waals surface area contributed by atoms with Crippen molar-refractivity contribution >= 4 is 23.2 Å². The van der Waals surface area contributed by atoms with Gasteiger partial charge in [-0.25, -0.2) is 5.43 Å². The Morgan fingerprint density at radius 3 is 2.14 bits per heavy atom. The SMILES string of the molecule is C/C(=N\NC(=O)c1ccc(NC(=O)c2cccc(C)c2)cc1)c1ccc(O)cc1. The third kappa shape index (κ3) is 5.29. The maximum atomic E-state index is 12.3. The van der Waals surface area contributed by atoms with Gasteiger partial charge in [-0.15, -0.1) is 0 Å². The topological polar surface area (TPSA) is 90.8 Å². The van der Waals surface area contributed by atoms with Gasteiger partial charge >= 0.3 is 0 Å². The summed E-state index contributed by atoms with van der Waals surface area (Å²) in [5, 5.41) is 16.2. The van der Waals surface area contributed by atoms with Crippen LogP contribution >= 0.6 is 0 Å². The molecule has 0 unspecified atom stereocenters. The van der Waals surface area contributed by atoms with Crippen LogP contribution in [0.15, 0.2) is 77.9 Å². The first-order valence-corrected chi connectivity index (χ1v) is 9.04. The van der Waals surface area contributed by atoms with Crippen molar-refractivity contribution in [3.8, 4) is 5.75 Å². The van der Waals surface area contributed by atoms with Gasteiger partial charge in [0.05, 0.1) is 5.71 Å². The number of anilines is 1. The summed E-state index contributed by atoms with van der Waals surface area (Å²) in [5.74, 6) is -0.403. The summed E-state index contributed by atoms with van der Waals surface area (Å²) in [4.78, 5) is 24.6. The highest BCUT2D eigenvalue weighted by Gasteiger charge is 2.08. The molecule has 3 rings (SSSR count). The van der Waals surface area contributed by atoms with Crippen molar-refractivity contribution in [2.75, 3.05) is 5.32 Å². The van der Waals surface area contributed by atoms with Crippen LogP contribution in [0.3, 0.4) is 0 Å². The minimum Gasteiger partial charge on any atom is -0.508 e. The van der Waals surface area contributed by atoms with E-state index in [2.05, 4.69) is 15.8 Å². The van der Waals surface area contributed by atoms with Gasteiger partial charge in [0.25, 0.3) is 11.8 Å². The van der Waals surface area contributed by atoms with Gasteiger partial charge in [-0.3, -0.25) is 9.59 Å². The molecule has 146 valence electrons. The van der Waals surface area contributed by atoms with Gasteiger partial charge in [-0.05, 0) is 80.1 Å². The first-order chi connectivity index (χ1) is 13.9. The van der Waals surface area contributed by atoms with E-state index in [1.165, 1.54) is 0 Å². The minimum absolute atomic E-state index is 0.167. The van der Waals surface area contributed by atoms with Gasteiger partial charge < -0.3 is 10.4 Å². The molecule has 0 heterocycles. The smallest absolute Gasteiger partial charge is 0.271 e. The second-order valence-electron chi connectivity index (χ2n) is 6.59. The molecule has 0 radical (unpaired) electrons. The zero-order valence-corrected chi connectivity index (χ0v) is 16.1. The molecule has 0 bridgehead atoms. The molecule has 0 aromatic heterocycles. The van der Waals surface area contributed by atoms with Crippen LogP contribution in [0.25, 0.3) is 0 Å². The Balaban J connectivity index is 1.62. The second-order valence-corrected chi connectivity index (χ2v) is 6.59. The van der Waals surface area contributed by atoms with E-state index in [9.17, 15) is 14.7 Å². The molecule has 0 saturated heterocycles. The summed E-state index contributed by atoms with van der Waals surface area (Å²) < 4.78 is 0. The lowest BCUT2D eigenvalue weighted by atomic mass is 10.1.